The fourth-order valence-electron chi connectivity index (χ4n) is 5.14. The van der Waals surface area contributed by atoms with Gasteiger partial charge in [0.2, 0.25) is 5.92 Å². The predicted molar refractivity (Wildman–Crippen MR) is 111 cm³/mol. The van der Waals surface area contributed by atoms with Crippen LogP contribution in [0.2, 0.25) is 0 Å². The van der Waals surface area contributed by atoms with Crippen molar-refractivity contribution < 1.29 is 8.78 Å². The van der Waals surface area contributed by atoms with E-state index in [-0.39, 0.29) is 24.2 Å². The molecule has 2 aliphatic carbocycles. The fraction of sp³-hybridized carbons (Fsp3) is 0.560. The first-order chi connectivity index (χ1) is 13.4. The predicted octanol–water partition coefficient (Wildman–Crippen LogP) is 7.51. The van der Waals surface area contributed by atoms with Crippen LogP contribution < -0.4 is 0 Å². The van der Waals surface area contributed by atoms with Gasteiger partial charge in [0.15, 0.2) is 0 Å². The van der Waals surface area contributed by atoms with Gasteiger partial charge >= 0.3 is 0 Å². The molecule has 0 bridgehead atoms. The second-order valence-electron chi connectivity index (χ2n) is 9.39. The summed E-state index contributed by atoms with van der Waals surface area (Å²) in [6.07, 6.45) is 8.39. The summed E-state index contributed by atoms with van der Waals surface area (Å²) in [4.78, 5) is 4.64. The van der Waals surface area contributed by atoms with E-state index in [4.69, 9.17) is 0 Å². The van der Waals surface area contributed by atoms with E-state index < -0.39 is 5.92 Å². The van der Waals surface area contributed by atoms with Crippen LogP contribution in [0.4, 0.5) is 8.78 Å². The molecule has 0 unspecified atom stereocenters. The minimum atomic E-state index is -2.47. The number of pyridine rings is 1. The molecule has 0 aliphatic heterocycles. The van der Waals surface area contributed by atoms with Crippen molar-refractivity contribution in [3.05, 3.63) is 53.7 Å². The highest BCUT2D eigenvalue weighted by atomic mass is 19.3. The topological polar surface area (TPSA) is 12.9 Å². The molecule has 2 saturated carbocycles. The van der Waals surface area contributed by atoms with Gasteiger partial charge < -0.3 is 0 Å². The number of nitrogens with zero attached hydrogens (tertiary/aromatic N) is 1. The molecule has 3 heteroatoms. The summed E-state index contributed by atoms with van der Waals surface area (Å²) < 4.78 is 26.8. The zero-order chi connectivity index (χ0) is 19.8. The Kier molecular flexibility index (Phi) is 5.28. The Labute approximate surface area is 167 Å². The van der Waals surface area contributed by atoms with Gasteiger partial charge in [-0.2, -0.15) is 0 Å². The molecule has 4 rings (SSSR count). The largest absolute Gasteiger partial charge is 0.256 e. The molecular weight excluding hydrogens is 352 g/mol. The maximum atomic E-state index is 13.4. The van der Waals surface area contributed by atoms with E-state index in [9.17, 15) is 8.78 Å². The standard InChI is InChI=1S/C25H31F2N/c1-24(2,21-5-3-4-6-21)22-10-7-19(8-11-22)23-12-9-20(17-28-23)18-13-15-25(26,27)16-14-18/h7-12,17-18,21H,3-6,13-16H2,1-2H3. The number of halogens is 2. The Hall–Kier alpha value is -1.77. The molecule has 0 amide bonds. The average molecular weight is 384 g/mol. The van der Waals surface area contributed by atoms with Gasteiger partial charge in [-0.15, -0.1) is 0 Å². The maximum Gasteiger partial charge on any atom is 0.248 e. The van der Waals surface area contributed by atoms with Gasteiger partial charge in [-0.05, 0) is 60.1 Å². The van der Waals surface area contributed by atoms with Crippen molar-refractivity contribution in [3.63, 3.8) is 0 Å². The quantitative estimate of drug-likeness (QED) is 0.532. The lowest BCUT2D eigenvalue weighted by Crippen LogP contribution is -2.26. The van der Waals surface area contributed by atoms with Crippen molar-refractivity contribution >= 4 is 0 Å². The van der Waals surface area contributed by atoms with Crippen LogP contribution in [0.15, 0.2) is 42.6 Å². The normalized spacial score (nSPS) is 21.1. The number of hydrogen-bond acceptors (Lipinski definition) is 1. The van der Waals surface area contributed by atoms with E-state index in [0.29, 0.717) is 12.8 Å². The van der Waals surface area contributed by atoms with Crippen LogP contribution in [0, 0.1) is 5.92 Å². The minimum Gasteiger partial charge on any atom is -0.256 e. The van der Waals surface area contributed by atoms with Crippen LogP contribution >= 0.6 is 0 Å². The van der Waals surface area contributed by atoms with Gasteiger partial charge in [0.05, 0.1) is 5.69 Å². The molecule has 0 N–H and O–H groups in total. The van der Waals surface area contributed by atoms with E-state index in [2.05, 4.69) is 49.2 Å². The number of rotatable bonds is 4. The van der Waals surface area contributed by atoms with E-state index in [1.54, 1.807) is 0 Å². The number of hydrogen-bond donors (Lipinski definition) is 0. The summed E-state index contributed by atoms with van der Waals surface area (Å²) in [5.74, 6) is -1.48. The van der Waals surface area contributed by atoms with Crippen LogP contribution in [0.5, 0.6) is 0 Å². The molecule has 0 atom stereocenters. The molecule has 0 radical (unpaired) electrons. The number of alkyl halides is 2. The molecule has 1 aromatic carbocycles. The van der Waals surface area contributed by atoms with Crippen molar-refractivity contribution in [2.75, 3.05) is 0 Å². The zero-order valence-corrected chi connectivity index (χ0v) is 17.1. The second kappa shape index (κ2) is 7.57. The lowest BCUT2D eigenvalue weighted by atomic mass is 9.72. The smallest absolute Gasteiger partial charge is 0.248 e. The molecule has 0 spiro atoms. The van der Waals surface area contributed by atoms with E-state index >= 15 is 0 Å². The third-order valence-electron chi connectivity index (χ3n) is 7.28. The Morgan fingerprint density at radius 1 is 0.893 bits per heavy atom. The van der Waals surface area contributed by atoms with E-state index in [1.807, 2.05) is 12.3 Å². The third kappa shape index (κ3) is 3.99. The highest BCUT2D eigenvalue weighted by Gasteiger charge is 2.35. The van der Waals surface area contributed by atoms with Gasteiger partial charge in [-0.3, -0.25) is 4.98 Å². The number of aromatic nitrogens is 1. The summed E-state index contributed by atoms with van der Waals surface area (Å²) >= 11 is 0. The van der Waals surface area contributed by atoms with Crippen molar-refractivity contribution in [2.45, 2.75) is 82.5 Å². The van der Waals surface area contributed by atoms with Crippen molar-refractivity contribution in [3.8, 4) is 11.3 Å². The van der Waals surface area contributed by atoms with E-state index in [0.717, 1.165) is 22.7 Å². The summed E-state index contributed by atoms with van der Waals surface area (Å²) in [5, 5.41) is 0. The SMILES string of the molecule is CC(C)(c1ccc(-c2ccc(C3CCC(F)(F)CC3)cn2)cc1)C1CCCC1. The molecule has 1 heterocycles. The molecular formula is C25H31F2N. The third-order valence-corrected chi connectivity index (χ3v) is 7.28. The summed E-state index contributed by atoms with van der Waals surface area (Å²) in [5.41, 5.74) is 4.79. The van der Waals surface area contributed by atoms with Crippen LogP contribution in [0.3, 0.4) is 0 Å². The van der Waals surface area contributed by atoms with Crippen molar-refractivity contribution in [2.24, 2.45) is 5.92 Å². The maximum absolute atomic E-state index is 13.4. The highest BCUT2D eigenvalue weighted by Crippen LogP contribution is 2.43. The lowest BCUT2D eigenvalue weighted by Gasteiger charge is -2.32. The zero-order valence-electron chi connectivity index (χ0n) is 17.1. The van der Waals surface area contributed by atoms with Crippen LogP contribution in [0.25, 0.3) is 11.3 Å². The lowest BCUT2D eigenvalue weighted by molar-refractivity contribution is -0.0382. The molecule has 2 fully saturated rings. The minimum absolute atomic E-state index is 0.00232. The van der Waals surface area contributed by atoms with E-state index in [1.165, 1.54) is 31.2 Å². The van der Waals surface area contributed by atoms with Gasteiger partial charge in [-0.25, -0.2) is 8.78 Å². The van der Waals surface area contributed by atoms with Gasteiger partial charge in [-0.1, -0.05) is 57.0 Å². The van der Waals surface area contributed by atoms with Gasteiger partial charge in [0.1, 0.15) is 0 Å². The summed E-state index contributed by atoms with van der Waals surface area (Å²) in [6.45, 7) is 4.75. The molecule has 0 saturated heterocycles. The molecule has 28 heavy (non-hydrogen) atoms. The highest BCUT2D eigenvalue weighted by molar-refractivity contribution is 5.60. The monoisotopic (exact) mass is 383 g/mol. The molecule has 2 aromatic rings. The first-order valence-electron chi connectivity index (χ1n) is 10.8. The Bertz CT molecular complexity index is 776. The first-order valence-corrected chi connectivity index (χ1v) is 10.8. The number of benzene rings is 1. The van der Waals surface area contributed by atoms with Gasteiger partial charge in [0.25, 0.3) is 0 Å². The fourth-order valence-corrected chi connectivity index (χ4v) is 5.14. The van der Waals surface area contributed by atoms with Crippen molar-refractivity contribution in [1.82, 2.24) is 4.98 Å². The Balaban J connectivity index is 1.46. The van der Waals surface area contributed by atoms with Crippen LogP contribution in [-0.2, 0) is 5.41 Å². The first kappa shape index (κ1) is 19.5. The molecule has 1 aromatic heterocycles. The summed E-state index contributed by atoms with van der Waals surface area (Å²) in [7, 11) is 0. The molecule has 1 nitrogen and oxygen atoms in total. The van der Waals surface area contributed by atoms with Crippen LogP contribution in [0.1, 0.15) is 82.3 Å². The van der Waals surface area contributed by atoms with Crippen LogP contribution in [-0.4, -0.2) is 10.9 Å². The average Bonchev–Trinajstić information content (AvgIpc) is 3.24. The Morgan fingerprint density at radius 2 is 1.54 bits per heavy atom. The second-order valence-corrected chi connectivity index (χ2v) is 9.39. The summed E-state index contributed by atoms with van der Waals surface area (Å²) in [6, 6.07) is 13.0. The molecule has 150 valence electrons. The Morgan fingerprint density at radius 3 is 2.11 bits per heavy atom. The van der Waals surface area contributed by atoms with Gasteiger partial charge in [0, 0.05) is 24.6 Å². The van der Waals surface area contributed by atoms with Crippen molar-refractivity contribution in [1.29, 1.82) is 0 Å². The molecule has 2 aliphatic rings.